The molecule has 0 radical (unpaired) electrons. The molecule has 0 spiro atoms. The van der Waals surface area contributed by atoms with Crippen LogP contribution < -0.4 is 10.0 Å². The minimum absolute atomic E-state index is 0.0224. The number of amides is 1. The SMILES string of the molecule is CNc1ccc(F)c(Cl)c1.Cn1cnc(C2CC3CC(O)(C(F)(F)C(=O)NS(=O)C4CC4)CC3C2)c1C=O. The zero-order valence-corrected chi connectivity index (χ0v) is 22.5. The van der Waals surface area contributed by atoms with Crippen molar-refractivity contribution in [2.24, 2.45) is 18.9 Å². The number of carbonyl (C=O) groups excluding carboxylic acids is 2. The van der Waals surface area contributed by atoms with Crippen LogP contribution in [0.15, 0.2) is 24.5 Å². The Labute approximate surface area is 225 Å². The van der Waals surface area contributed by atoms with E-state index in [0.29, 0.717) is 37.1 Å². The first-order chi connectivity index (χ1) is 17.9. The molecule has 3 atom stereocenters. The number of carbonyl (C=O) groups is 2. The monoisotopic (exact) mass is 574 g/mol. The van der Waals surface area contributed by atoms with Crippen LogP contribution in [0.25, 0.3) is 0 Å². The molecule has 0 bridgehead atoms. The molecule has 0 saturated heterocycles. The van der Waals surface area contributed by atoms with E-state index in [4.69, 9.17) is 11.6 Å². The van der Waals surface area contributed by atoms with Crippen molar-refractivity contribution in [2.45, 2.75) is 61.2 Å². The predicted molar refractivity (Wildman–Crippen MR) is 137 cm³/mol. The van der Waals surface area contributed by atoms with Crippen molar-refractivity contribution >= 4 is 40.5 Å². The lowest BCUT2D eigenvalue weighted by molar-refractivity contribution is -0.191. The molecule has 5 rings (SSSR count). The van der Waals surface area contributed by atoms with Crippen molar-refractivity contribution < 1.29 is 32.1 Å². The summed E-state index contributed by atoms with van der Waals surface area (Å²) in [5.74, 6) is -6.43. The highest BCUT2D eigenvalue weighted by Gasteiger charge is 2.65. The molecular weight excluding hydrogens is 545 g/mol. The third-order valence-corrected chi connectivity index (χ3v) is 9.40. The number of aldehydes is 1. The van der Waals surface area contributed by atoms with Crippen molar-refractivity contribution in [2.75, 3.05) is 12.4 Å². The van der Waals surface area contributed by atoms with E-state index in [0.717, 1.165) is 12.0 Å². The van der Waals surface area contributed by atoms with Crippen LogP contribution in [-0.2, 0) is 22.8 Å². The van der Waals surface area contributed by atoms with E-state index in [1.807, 2.05) is 4.72 Å². The summed E-state index contributed by atoms with van der Waals surface area (Å²) in [6, 6.07) is 4.49. The van der Waals surface area contributed by atoms with E-state index < -0.39 is 28.4 Å². The standard InChI is InChI=1S/C18H23F2N3O4S.C7H7ClFN/c1-23-9-21-15(14(23)8-24)10-4-11-6-17(26,7-12(11)5-10)18(19,20)16(25)22-28(27)13-2-3-13;1-10-5-2-3-7(9)6(8)4-5/h8-13,26H,2-7H2,1H3,(H,22,25);2-4,10H,1H3. The van der Waals surface area contributed by atoms with E-state index in [1.165, 1.54) is 12.1 Å². The van der Waals surface area contributed by atoms with Gasteiger partial charge in [-0.25, -0.2) is 13.6 Å². The molecule has 38 heavy (non-hydrogen) atoms. The van der Waals surface area contributed by atoms with Crippen LogP contribution in [0.3, 0.4) is 0 Å². The number of anilines is 1. The van der Waals surface area contributed by atoms with E-state index in [1.54, 1.807) is 31.1 Å². The van der Waals surface area contributed by atoms with E-state index in [2.05, 4.69) is 10.3 Å². The minimum Gasteiger partial charge on any atom is -0.388 e. The second-order valence-electron chi connectivity index (χ2n) is 10.3. The van der Waals surface area contributed by atoms with E-state index >= 15 is 0 Å². The maximum absolute atomic E-state index is 14.7. The quantitative estimate of drug-likeness (QED) is 0.431. The molecule has 8 nitrogen and oxygen atoms in total. The molecule has 1 aromatic heterocycles. The van der Waals surface area contributed by atoms with Gasteiger partial charge in [0, 0.05) is 25.7 Å². The number of aliphatic hydroxyl groups is 1. The molecular formula is C25H30ClF3N4O4S. The zero-order valence-electron chi connectivity index (χ0n) is 20.9. The van der Waals surface area contributed by atoms with E-state index in [-0.39, 0.29) is 46.7 Å². The minimum atomic E-state index is -4.00. The number of hydrogen-bond acceptors (Lipinski definition) is 6. The molecule has 2 aromatic rings. The van der Waals surface area contributed by atoms with Gasteiger partial charge in [0.1, 0.15) is 28.1 Å². The molecule has 1 heterocycles. The van der Waals surface area contributed by atoms with Crippen LogP contribution in [0.5, 0.6) is 0 Å². The number of hydrogen-bond donors (Lipinski definition) is 3. The second kappa shape index (κ2) is 11.0. The highest BCUT2D eigenvalue weighted by molar-refractivity contribution is 7.84. The number of halogens is 4. The number of rotatable bonds is 7. The molecule has 208 valence electrons. The summed E-state index contributed by atoms with van der Waals surface area (Å²) in [6.45, 7) is 0. The van der Waals surface area contributed by atoms with Gasteiger partial charge in [0.25, 0.3) is 0 Å². The maximum atomic E-state index is 14.7. The van der Waals surface area contributed by atoms with Gasteiger partial charge in [-0.3, -0.25) is 14.3 Å². The zero-order chi connectivity index (χ0) is 27.8. The van der Waals surface area contributed by atoms with Crippen LogP contribution in [0.1, 0.15) is 60.6 Å². The average molecular weight is 575 g/mol. The topological polar surface area (TPSA) is 113 Å². The Hall–Kier alpha value is -2.44. The number of imidazole rings is 1. The molecule has 3 aliphatic carbocycles. The molecule has 1 aromatic carbocycles. The highest BCUT2D eigenvalue weighted by Crippen LogP contribution is 2.57. The highest BCUT2D eigenvalue weighted by atomic mass is 35.5. The molecule has 3 N–H and O–H groups in total. The Balaban J connectivity index is 0.000000283. The van der Waals surface area contributed by atoms with Crippen LogP contribution in [-0.4, -0.2) is 54.9 Å². The van der Waals surface area contributed by atoms with Crippen LogP contribution in [0.2, 0.25) is 5.02 Å². The van der Waals surface area contributed by atoms with Crippen LogP contribution in [0.4, 0.5) is 18.9 Å². The lowest BCUT2D eigenvalue weighted by Gasteiger charge is -2.32. The summed E-state index contributed by atoms with van der Waals surface area (Å²) in [6.07, 6.45) is 4.26. The number of nitrogens with zero attached hydrogens (tertiary/aromatic N) is 2. The number of aryl methyl sites for hydroxylation is 1. The summed E-state index contributed by atoms with van der Waals surface area (Å²) >= 11 is 5.48. The molecule has 1 amide bonds. The van der Waals surface area contributed by atoms with Crippen molar-refractivity contribution in [3.8, 4) is 0 Å². The molecule has 3 fully saturated rings. The third-order valence-electron chi connectivity index (χ3n) is 7.65. The van der Waals surface area contributed by atoms with Crippen molar-refractivity contribution in [1.82, 2.24) is 14.3 Å². The van der Waals surface area contributed by atoms with E-state index in [9.17, 15) is 32.1 Å². The number of alkyl halides is 2. The first-order valence-electron chi connectivity index (χ1n) is 12.3. The number of fused-ring (bicyclic) bond motifs is 1. The Kier molecular flexibility index (Phi) is 8.25. The van der Waals surface area contributed by atoms with Gasteiger partial charge in [-0.2, -0.15) is 8.78 Å². The Morgan fingerprint density at radius 2 is 1.92 bits per heavy atom. The first kappa shape index (κ1) is 28.6. The van der Waals surface area contributed by atoms with Crippen molar-refractivity contribution in [1.29, 1.82) is 0 Å². The lowest BCUT2D eigenvalue weighted by atomic mass is 9.87. The van der Waals surface area contributed by atoms with Gasteiger partial charge in [0.2, 0.25) is 0 Å². The fourth-order valence-electron chi connectivity index (χ4n) is 5.44. The number of nitrogens with one attached hydrogen (secondary N) is 2. The smallest absolute Gasteiger partial charge is 0.353 e. The normalized spacial score (nSPS) is 27.2. The average Bonchev–Trinajstić information content (AvgIpc) is 3.45. The Bertz CT molecular complexity index is 1230. The summed E-state index contributed by atoms with van der Waals surface area (Å²) in [5.41, 5.74) is -0.485. The number of aromatic nitrogens is 2. The van der Waals surface area contributed by atoms with Gasteiger partial charge in [0.05, 0.1) is 22.3 Å². The van der Waals surface area contributed by atoms with Crippen molar-refractivity contribution in [3.05, 3.63) is 46.8 Å². The summed E-state index contributed by atoms with van der Waals surface area (Å²) < 4.78 is 57.2. The van der Waals surface area contributed by atoms with Crippen molar-refractivity contribution in [3.63, 3.8) is 0 Å². The number of benzene rings is 1. The largest absolute Gasteiger partial charge is 0.388 e. The molecule has 3 saturated carbocycles. The van der Waals surface area contributed by atoms with Gasteiger partial charge in [0.15, 0.2) is 6.29 Å². The first-order valence-corrected chi connectivity index (χ1v) is 13.9. The molecule has 3 unspecified atom stereocenters. The van der Waals surface area contributed by atoms with Gasteiger partial charge >= 0.3 is 11.8 Å². The third kappa shape index (κ3) is 5.62. The van der Waals surface area contributed by atoms with Gasteiger partial charge < -0.3 is 15.0 Å². The van der Waals surface area contributed by atoms with Gasteiger partial charge in [-0.15, -0.1) is 0 Å². The fraction of sp³-hybridized carbons (Fsp3) is 0.560. The fourth-order valence-corrected chi connectivity index (χ4v) is 6.66. The van der Waals surface area contributed by atoms with Gasteiger partial charge in [-0.1, -0.05) is 11.6 Å². The lowest BCUT2D eigenvalue weighted by Crippen LogP contribution is -2.56. The predicted octanol–water partition coefficient (Wildman–Crippen LogP) is 3.97. The Morgan fingerprint density at radius 1 is 1.29 bits per heavy atom. The summed E-state index contributed by atoms with van der Waals surface area (Å²) in [4.78, 5) is 27.6. The Morgan fingerprint density at radius 3 is 2.45 bits per heavy atom. The molecule has 0 aliphatic heterocycles. The van der Waals surface area contributed by atoms with Crippen LogP contribution >= 0.6 is 11.6 Å². The molecule has 13 heteroatoms. The van der Waals surface area contributed by atoms with Crippen LogP contribution in [0, 0.1) is 17.7 Å². The maximum Gasteiger partial charge on any atom is 0.353 e. The summed E-state index contributed by atoms with van der Waals surface area (Å²) in [5, 5.41) is 13.4. The summed E-state index contributed by atoms with van der Waals surface area (Å²) in [7, 11) is 1.65. The van der Waals surface area contributed by atoms with Gasteiger partial charge in [-0.05, 0) is 68.6 Å². The molecule has 3 aliphatic rings. The second-order valence-corrected chi connectivity index (χ2v) is 12.1.